The number of hydrazine groups is 1. The fourth-order valence-corrected chi connectivity index (χ4v) is 7.47. The van der Waals surface area contributed by atoms with Crippen molar-refractivity contribution in [1.82, 2.24) is 5.43 Å². The van der Waals surface area contributed by atoms with Gasteiger partial charge in [0, 0.05) is 22.0 Å². The molecule has 0 bridgehead atoms. The zero-order chi connectivity index (χ0) is 36.8. The van der Waals surface area contributed by atoms with Gasteiger partial charge in [-0.3, -0.25) is 19.8 Å². The maximum atomic E-state index is 14.2. The summed E-state index contributed by atoms with van der Waals surface area (Å²) in [5.41, 5.74) is 6.53. The van der Waals surface area contributed by atoms with Crippen LogP contribution in [0.1, 0.15) is 44.2 Å². The minimum Gasteiger partial charge on any atom is -0.480 e. The fourth-order valence-electron chi connectivity index (χ4n) is 5.24. The number of halogens is 4. The summed E-state index contributed by atoms with van der Waals surface area (Å²) < 4.78 is 6.13. The third kappa shape index (κ3) is 9.30. The Morgan fingerprint density at radius 1 is 0.941 bits per heavy atom. The lowest BCUT2D eigenvalue weighted by Crippen LogP contribution is -2.36. The van der Waals surface area contributed by atoms with E-state index < -0.39 is 17.3 Å². The predicted octanol–water partition coefficient (Wildman–Crippen LogP) is 10.2. The zero-order valence-corrected chi connectivity index (χ0v) is 32.0. The second-order valence-corrected chi connectivity index (χ2v) is 14.5. The lowest BCUT2D eigenvalue weighted by atomic mass is 10.1. The maximum absolute atomic E-state index is 14.2. The van der Waals surface area contributed by atoms with Crippen molar-refractivity contribution >= 4 is 104 Å². The molecule has 0 aliphatic carbocycles. The summed E-state index contributed by atoms with van der Waals surface area (Å²) in [7, 11) is 0. The van der Waals surface area contributed by atoms with Crippen LogP contribution in [-0.4, -0.2) is 34.9 Å². The first-order valence-corrected chi connectivity index (χ1v) is 18.5. The molecular weight excluding hydrogens is 752 g/mol. The van der Waals surface area contributed by atoms with E-state index in [1.165, 1.54) is 17.1 Å². The van der Waals surface area contributed by atoms with Gasteiger partial charge in [-0.1, -0.05) is 90.1 Å². The molecule has 1 aliphatic heterocycles. The molecular formula is C37H35Cl4N5O4S. The molecule has 266 valence electrons. The first kappa shape index (κ1) is 38.3. The van der Waals surface area contributed by atoms with Crippen LogP contribution in [0.5, 0.6) is 5.75 Å². The van der Waals surface area contributed by atoms with Crippen LogP contribution in [0.15, 0.2) is 82.7 Å². The Balaban J connectivity index is 1.49. The van der Waals surface area contributed by atoms with Crippen molar-refractivity contribution in [2.24, 2.45) is 4.99 Å². The van der Waals surface area contributed by atoms with Crippen molar-refractivity contribution in [1.29, 1.82) is 0 Å². The summed E-state index contributed by atoms with van der Waals surface area (Å²) in [6, 6.07) is 20.8. The summed E-state index contributed by atoms with van der Waals surface area (Å²) in [6.07, 6.45) is 0.692. The van der Waals surface area contributed by atoms with Gasteiger partial charge in [-0.15, -0.1) is 11.8 Å². The van der Waals surface area contributed by atoms with Crippen LogP contribution in [0.25, 0.3) is 0 Å². The summed E-state index contributed by atoms with van der Waals surface area (Å²) >= 11 is 27.0. The van der Waals surface area contributed by atoms with Crippen LogP contribution in [0.2, 0.25) is 20.1 Å². The van der Waals surface area contributed by atoms with Crippen LogP contribution >= 0.6 is 58.2 Å². The highest BCUT2D eigenvalue weighted by molar-refractivity contribution is 8.01. The van der Waals surface area contributed by atoms with Crippen molar-refractivity contribution in [2.75, 3.05) is 15.6 Å². The number of nitrogens with one attached hydrogen (secondary N) is 3. The number of carbonyl (C=O) groups excluding carboxylic acids is 3. The van der Waals surface area contributed by atoms with Crippen molar-refractivity contribution in [3.63, 3.8) is 0 Å². The quantitative estimate of drug-likeness (QED) is 0.132. The number of hydrogen-bond acceptors (Lipinski definition) is 6. The molecule has 14 heteroatoms. The molecule has 3 N–H and O–H groups in total. The van der Waals surface area contributed by atoms with Crippen molar-refractivity contribution in [3.05, 3.63) is 104 Å². The second kappa shape index (κ2) is 17.1. The summed E-state index contributed by atoms with van der Waals surface area (Å²) in [6.45, 7) is 7.71. The number of amides is 3. The number of ether oxygens (including phenoxy) is 1. The van der Waals surface area contributed by atoms with Gasteiger partial charge in [-0.25, -0.2) is 10.0 Å². The van der Waals surface area contributed by atoms with Crippen LogP contribution in [-0.2, 0) is 14.4 Å². The van der Waals surface area contributed by atoms with Gasteiger partial charge in [0.2, 0.25) is 5.91 Å². The van der Waals surface area contributed by atoms with E-state index in [1.54, 1.807) is 42.5 Å². The standard InChI is InChI=1S/C37H35Cl4N5O4S/c1-5-9-32(47)42-23-13-14-24(39)28(19-23)43-35-34(37(49)46(45-35)33-25(40)17-22(38)18-26(33)41)51-31-11-8-7-10-27(31)44-36(48)29(6-2)50-30-15-12-20(3)16-21(30)4/h7-8,10-19,29,34H,5-6,9H2,1-4H3,(H,42,47)(H,43,45)(H,44,48). The molecule has 0 saturated carbocycles. The van der Waals surface area contributed by atoms with Gasteiger partial charge in [-0.05, 0) is 80.8 Å². The Morgan fingerprint density at radius 3 is 2.35 bits per heavy atom. The normalized spacial score (nSPS) is 15.5. The maximum Gasteiger partial charge on any atom is 0.267 e. The highest BCUT2D eigenvalue weighted by Gasteiger charge is 2.41. The van der Waals surface area contributed by atoms with Crippen molar-refractivity contribution in [3.8, 4) is 5.75 Å². The highest BCUT2D eigenvalue weighted by atomic mass is 35.5. The number of benzene rings is 4. The number of rotatable bonds is 12. The Kier molecular flexibility index (Phi) is 12.8. The Morgan fingerprint density at radius 2 is 1.67 bits per heavy atom. The number of nitrogens with zero attached hydrogens (tertiary/aromatic N) is 2. The lowest BCUT2D eigenvalue weighted by molar-refractivity contribution is -0.123. The molecule has 2 unspecified atom stereocenters. The SMILES string of the molecule is CCCC(=O)Nc1ccc(Cl)c(N=C2NN(c3c(Cl)cc(Cl)cc3Cl)C(=O)C2Sc2ccccc2NC(=O)C(CC)Oc2ccc(C)cc2C)c1. The lowest BCUT2D eigenvalue weighted by Gasteiger charge is -2.20. The first-order chi connectivity index (χ1) is 24.4. The molecule has 0 aromatic heterocycles. The Bertz CT molecular complexity index is 1990. The molecule has 1 fully saturated rings. The Labute approximate surface area is 321 Å². The summed E-state index contributed by atoms with van der Waals surface area (Å²) in [5, 5.41) is 6.93. The number of amidine groups is 1. The molecule has 9 nitrogen and oxygen atoms in total. The van der Waals surface area contributed by atoms with Gasteiger partial charge in [0.15, 0.2) is 6.10 Å². The van der Waals surface area contributed by atoms with Gasteiger partial charge in [0.1, 0.15) is 22.5 Å². The molecule has 3 amide bonds. The fraction of sp³-hybridized carbons (Fsp3) is 0.243. The Hall–Kier alpha value is -3.93. The molecule has 4 aromatic rings. The van der Waals surface area contributed by atoms with Crippen molar-refractivity contribution in [2.45, 2.75) is 63.2 Å². The number of thioether (sulfide) groups is 1. The molecule has 1 aliphatic rings. The van der Waals surface area contributed by atoms with E-state index in [2.05, 4.69) is 16.1 Å². The van der Waals surface area contributed by atoms with E-state index in [0.29, 0.717) is 52.0 Å². The third-order valence-electron chi connectivity index (χ3n) is 7.73. The highest BCUT2D eigenvalue weighted by Crippen LogP contribution is 2.41. The average Bonchev–Trinajstić information content (AvgIpc) is 3.36. The number of hydrogen-bond donors (Lipinski definition) is 3. The van der Waals surface area contributed by atoms with E-state index in [0.717, 1.165) is 22.9 Å². The molecule has 4 aromatic carbocycles. The van der Waals surface area contributed by atoms with Gasteiger partial charge in [0.25, 0.3) is 11.8 Å². The minimum atomic E-state index is -0.978. The van der Waals surface area contributed by atoms with Crippen LogP contribution in [0.3, 0.4) is 0 Å². The predicted molar refractivity (Wildman–Crippen MR) is 210 cm³/mol. The molecule has 0 radical (unpaired) electrons. The second-order valence-electron chi connectivity index (χ2n) is 11.7. The monoisotopic (exact) mass is 785 g/mol. The zero-order valence-electron chi connectivity index (χ0n) is 28.2. The van der Waals surface area contributed by atoms with Crippen LogP contribution in [0, 0.1) is 13.8 Å². The minimum absolute atomic E-state index is 0.138. The van der Waals surface area contributed by atoms with Crippen LogP contribution < -0.4 is 25.8 Å². The number of aliphatic imine (C=N–C) groups is 1. The number of para-hydroxylation sites is 1. The van der Waals surface area contributed by atoms with Crippen LogP contribution in [0.4, 0.5) is 22.7 Å². The molecule has 0 spiro atoms. The molecule has 1 saturated heterocycles. The number of anilines is 3. The van der Waals surface area contributed by atoms with E-state index in [1.807, 2.05) is 45.9 Å². The molecule has 2 atom stereocenters. The largest absolute Gasteiger partial charge is 0.480 e. The summed E-state index contributed by atoms with van der Waals surface area (Å²) in [5.74, 6) is -0.107. The first-order valence-electron chi connectivity index (χ1n) is 16.1. The molecule has 5 rings (SSSR count). The third-order valence-corrected chi connectivity index (χ3v) is 10.1. The molecule has 1 heterocycles. The van der Waals surface area contributed by atoms with Crippen molar-refractivity contribution < 1.29 is 19.1 Å². The van der Waals surface area contributed by atoms with E-state index in [4.69, 9.17) is 56.1 Å². The van der Waals surface area contributed by atoms with Gasteiger partial charge < -0.3 is 15.4 Å². The molecule has 51 heavy (non-hydrogen) atoms. The number of carbonyl (C=O) groups is 3. The van der Waals surface area contributed by atoms with E-state index >= 15 is 0 Å². The van der Waals surface area contributed by atoms with Gasteiger partial charge >= 0.3 is 0 Å². The topological polar surface area (TPSA) is 112 Å². The summed E-state index contributed by atoms with van der Waals surface area (Å²) in [4.78, 5) is 45.5. The number of aryl methyl sites for hydroxylation is 2. The van der Waals surface area contributed by atoms with E-state index in [-0.39, 0.29) is 38.4 Å². The van der Waals surface area contributed by atoms with Gasteiger partial charge in [0.05, 0.1) is 26.4 Å². The van der Waals surface area contributed by atoms with Gasteiger partial charge in [-0.2, -0.15) is 0 Å². The van der Waals surface area contributed by atoms with E-state index in [9.17, 15) is 14.4 Å². The average molecular weight is 788 g/mol. The smallest absolute Gasteiger partial charge is 0.267 e.